The summed E-state index contributed by atoms with van der Waals surface area (Å²) in [6.07, 6.45) is 7.17. The van der Waals surface area contributed by atoms with Gasteiger partial charge in [-0.1, -0.05) is 19.8 Å². The fourth-order valence-corrected chi connectivity index (χ4v) is 2.56. The van der Waals surface area contributed by atoms with Gasteiger partial charge >= 0.3 is 0 Å². The van der Waals surface area contributed by atoms with Crippen molar-refractivity contribution in [3.8, 4) is 0 Å². The molecule has 126 valence electrons. The van der Waals surface area contributed by atoms with Crippen molar-refractivity contribution in [3.63, 3.8) is 0 Å². The number of nitrogens with zero attached hydrogens (tertiary/aromatic N) is 4. The van der Waals surface area contributed by atoms with Gasteiger partial charge in [-0.2, -0.15) is 0 Å². The lowest BCUT2D eigenvalue weighted by Crippen LogP contribution is -2.37. The summed E-state index contributed by atoms with van der Waals surface area (Å²) in [6, 6.07) is 0. The average molecular weight is 420 g/mol. The van der Waals surface area contributed by atoms with E-state index in [1.165, 1.54) is 32.1 Å². The number of aromatic nitrogens is 3. The Bertz CT molecular complexity index is 457. The number of unbranched alkanes of at least 4 members (excludes halogenated alkanes) is 2. The maximum absolute atomic E-state index is 4.63. The second kappa shape index (κ2) is 10.8. The van der Waals surface area contributed by atoms with Crippen molar-refractivity contribution >= 4 is 29.9 Å². The Morgan fingerprint density at radius 1 is 1.18 bits per heavy atom. The number of guanidine groups is 1. The van der Waals surface area contributed by atoms with Gasteiger partial charge < -0.3 is 15.2 Å². The molecule has 0 radical (unpaired) electrons. The predicted octanol–water partition coefficient (Wildman–Crippen LogP) is 2.48. The third-order valence-electron chi connectivity index (χ3n) is 3.73. The molecule has 0 saturated heterocycles. The largest absolute Gasteiger partial charge is 0.357 e. The maximum atomic E-state index is 4.63. The van der Waals surface area contributed by atoms with Crippen LogP contribution in [0.4, 0.5) is 0 Å². The second-order valence-corrected chi connectivity index (χ2v) is 5.47. The standard InChI is InChI=1S/C15H28N6.HI/c1-3-5-7-10-17-15(16-4-2)18-12-14-20-19-13-9-6-8-11-21(13)14;/h3-12H2,1-2H3,(H2,16,17,18);1H. The van der Waals surface area contributed by atoms with E-state index in [1.807, 2.05) is 0 Å². The highest BCUT2D eigenvalue weighted by Gasteiger charge is 2.15. The monoisotopic (exact) mass is 420 g/mol. The van der Waals surface area contributed by atoms with Crippen LogP contribution < -0.4 is 10.6 Å². The highest BCUT2D eigenvalue weighted by molar-refractivity contribution is 14.0. The van der Waals surface area contributed by atoms with Gasteiger partial charge in [-0.05, 0) is 26.2 Å². The molecule has 0 saturated carbocycles. The van der Waals surface area contributed by atoms with Crippen LogP contribution in [0, 0.1) is 0 Å². The van der Waals surface area contributed by atoms with Gasteiger partial charge in [0.2, 0.25) is 0 Å². The lowest BCUT2D eigenvalue weighted by atomic mass is 10.2. The minimum atomic E-state index is 0. The van der Waals surface area contributed by atoms with Gasteiger partial charge in [0.1, 0.15) is 12.4 Å². The zero-order valence-corrected chi connectivity index (χ0v) is 16.1. The Morgan fingerprint density at radius 2 is 2.05 bits per heavy atom. The van der Waals surface area contributed by atoms with Crippen LogP contribution in [-0.4, -0.2) is 33.8 Å². The summed E-state index contributed by atoms with van der Waals surface area (Å²) in [6.45, 7) is 7.77. The third kappa shape index (κ3) is 5.73. The number of nitrogens with one attached hydrogen (secondary N) is 2. The first-order valence-electron chi connectivity index (χ1n) is 8.28. The summed E-state index contributed by atoms with van der Waals surface area (Å²) in [5.74, 6) is 2.98. The zero-order valence-electron chi connectivity index (χ0n) is 13.8. The molecule has 6 nitrogen and oxygen atoms in total. The van der Waals surface area contributed by atoms with Crippen LogP contribution in [0.25, 0.3) is 0 Å². The smallest absolute Gasteiger partial charge is 0.191 e. The second-order valence-electron chi connectivity index (χ2n) is 5.47. The fraction of sp³-hybridized carbons (Fsp3) is 0.800. The molecular formula is C15H29IN6. The molecule has 0 aromatic carbocycles. The molecule has 2 N–H and O–H groups in total. The normalized spacial score (nSPS) is 14.2. The number of rotatable bonds is 7. The van der Waals surface area contributed by atoms with Crippen LogP contribution in [0.1, 0.15) is 57.6 Å². The maximum Gasteiger partial charge on any atom is 0.191 e. The quantitative estimate of drug-likeness (QED) is 0.308. The molecule has 7 heteroatoms. The highest BCUT2D eigenvalue weighted by atomic mass is 127. The minimum absolute atomic E-state index is 0. The van der Waals surface area contributed by atoms with E-state index in [9.17, 15) is 0 Å². The van der Waals surface area contributed by atoms with Crippen LogP contribution in [0.2, 0.25) is 0 Å². The fourth-order valence-electron chi connectivity index (χ4n) is 2.56. The molecule has 2 rings (SSSR count). The third-order valence-corrected chi connectivity index (χ3v) is 3.73. The molecule has 1 aromatic rings. The molecule has 22 heavy (non-hydrogen) atoms. The van der Waals surface area contributed by atoms with Gasteiger partial charge in [-0.25, -0.2) is 4.99 Å². The topological polar surface area (TPSA) is 67.1 Å². The molecule has 0 unspecified atom stereocenters. The summed E-state index contributed by atoms with van der Waals surface area (Å²) in [7, 11) is 0. The molecule has 0 fully saturated rings. The van der Waals surface area contributed by atoms with E-state index in [1.54, 1.807) is 0 Å². The van der Waals surface area contributed by atoms with E-state index in [0.717, 1.165) is 43.7 Å². The molecule has 0 aliphatic carbocycles. The molecule has 0 bridgehead atoms. The Hall–Kier alpha value is -0.860. The lowest BCUT2D eigenvalue weighted by Gasteiger charge is -2.14. The van der Waals surface area contributed by atoms with Crippen LogP contribution in [0.3, 0.4) is 0 Å². The molecule has 0 amide bonds. The summed E-state index contributed by atoms with van der Waals surface area (Å²) in [4.78, 5) is 4.63. The van der Waals surface area contributed by atoms with Crippen molar-refractivity contribution in [2.45, 2.75) is 65.5 Å². The Morgan fingerprint density at radius 3 is 2.82 bits per heavy atom. The molecule has 1 aliphatic rings. The van der Waals surface area contributed by atoms with E-state index in [0.29, 0.717) is 6.54 Å². The zero-order chi connectivity index (χ0) is 14.9. The minimum Gasteiger partial charge on any atom is -0.357 e. The van der Waals surface area contributed by atoms with E-state index in [4.69, 9.17) is 0 Å². The number of halogens is 1. The number of fused-ring (bicyclic) bond motifs is 1. The molecule has 0 spiro atoms. The van der Waals surface area contributed by atoms with E-state index in [-0.39, 0.29) is 24.0 Å². The predicted molar refractivity (Wildman–Crippen MR) is 101 cm³/mol. The van der Waals surface area contributed by atoms with Gasteiger partial charge in [-0.3, -0.25) is 0 Å². The Balaban J connectivity index is 0.00000242. The molecule has 1 aromatic heterocycles. The molecular weight excluding hydrogens is 391 g/mol. The number of hydrogen-bond acceptors (Lipinski definition) is 3. The first-order valence-corrected chi connectivity index (χ1v) is 8.28. The van der Waals surface area contributed by atoms with Crippen molar-refractivity contribution in [1.29, 1.82) is 0 Å². The van der Waals surface area contributed by atoms with Crippen molar-refractivity contribution in [2.24, 2.45) is 4.99 Å². The summed E-state index contributed by atoms with van der Waals surface area (Å²) in [5, 5.41) is 15.2. The first kappa shape index (κ1) is 19.2. The van der Waals surface area contributed by atoms with Crippen LogP contribution in [-0.2, 0) is 19.5 Å². The van der Waals surface area contributed by atoms with Crippen LogP contribution in [0.15, 0.2) is 4.99 Å². The average Bonchev–Trinajstić information content (AvgIpc) is 2.92. The Kier molecular flexibility index (Phi) is 9.42. The van der Waals surface area contributed by atoms with Crippen molar-refractivity contribution in [3.05, 3.63) is 11.6 Å². The number of hydrogen-bond donors (Lipinski definition) is 2. The first-order chi connectivity index (χ1) is 10.3. The number of aryl methyl sites for hydroxylation is 1. The van der Waals surface area contributed by atoms with Crippen LogP contribution in [0.5, 0.6) is 0 Å². The van der Waals surface area contributed by atoms with Gasteiger partial charge in [0, 0.05) is 26.1 Å². The van der Waals surface area contributed by atoms with E-state index < -0.39 is 0 Å². The highest BCUT2D eigenvalue weighted by Crippen LogP contribution is 2.14. The van der Waals surface area contributed by atoms with Crippen molar-refractivity contribution < 1.29 is 0 Å². The molecule has 2 heterocycles. The van der Waals surface area contributed by atoms with Gasteiger partial charge in [0.05, 0.1) is 0 Å². The van der Waals surface area contributed by atoms with E-state index >= 15 is 0 Å². The molecule has 0 atom stereocenters. The Labute approximate surface area is 150 Å². The SMILES string of the molecule is CCCCCNC(=NCc1nnc2n1CCCC2)NCC.I. The van der Waals surface area contributed by atoms with Gasteiger partial charge in [0.25, 0.3) is 0 Å². The van der Waals surface area contributed by atoms with Crippen LogP contribution >= 0.6 is 24.0 Å². The van der Waals surface area contributed by atoms with Gasteiger partial charge in [-0.15, -0.1) is 34.2 Å². The number of aliphatic imine (C=N–C) groups is 1. The van der Waals surface area contributed by atoms with Gasteiger partial charge in [0.15, 0.2) is 11.8 Å². The van der Waals surface area contributed by atoms with Crippen molar-refractivity contribution in [1.82, 2.24) is 25.4 Å². The lowest BCUT2D eigenvalue weighted by molar-refractivity contribution is 0.508. The van der Waals surface area contributed by atoms with E-state index in [2.05, 4.69) is 44.2 Å². The summed E-state index contributed by atoms with van der Waals surface area (Å²) in [5.41, 5.74) is 0. The summed E-state index contributed by atoms with van der Waals surface area (Å²) < 4.78 is 2.23. The summed E-state index contributed by atoms with van der Waals surface area (Å²) >= 11 is 0. The van der Waals surface area contributed by atoms with Crippen molar-refractivity contribution in [2.75, 3.05) is 13.1 Å². The molecule has 1 aliphatic heterocycles.